The van der Waals surface area contributed by atoms with E-state index in [4.69, 9.17) is 0 Å². The highest BCUT2D eigenvalue weighted by Crippen LogP contribution is 2.03. The van der Waals surface area contributed by atoms with Crippen LogP contribution in [0.3, 0.4) is 0 Å². The standard InChI is InChI=1S/C9H12N4/c1-8-5-10-7-13(8)6-9-3-4-11-12(9)2/h3-5,7H,6H2,1-2H3. The molecule has 0 aromatic carbocycles. The summed E-state index contributed by atoms with van der Waals surface area (Å²) in [5.41, 5.74) is 2.35. The molecule has 0 saturated heterocycles. The molecule has 2 heterocycles. The van der Waals surface area contributed by atoms with Crippen LogP contribution in [-0.2, 0) is 13.6 Å². The predicted molar refractivity (Wildman–Crippen MR) is 49.3 cm³/mol. The summed E-state index contributed by atoms with van der Waals surface area (Å²) in [6, 6.07) is 2.01. The highest BCUT2D eigenvalue weighted by molar-refractivity contribution is 5.04. The lowest BCUT2D eigenvalue weighted by molar-refractivity contribution is 0.658. The smallest absolute Gasteiger partial charge is 0.0951 e. The molecule has 0 aliphatic carbocycles. The van der Waals surface area contributed by atoms with Crippen molar-refractivity contribution in [1.82, 2.24) is 19.3 Å². The van der Waals surface area contributed by atoms with E-state index < -0.39 is 0 Å². The van der Waals surface area contributed by atoms with Gasteiger partial charge in [0, 0.05) is 25.1 Å². The van der Waals surface area contributed by atoms with E-state index in [2.05, 4.69) is 14.6 Å². The molecule has 0 bridgehead atoms. The summed E-state index contributed by atoms with van der Waals surface area (Å²) in [5, 5.41) is 4.11. The van der Waals surface area contributed by atoms with Gasteiger partial charge in [-0.2, -0.15) is 5.10 Å². The average Bonchev–Trinajstić information content (AvgIpc) is 2.65. The number of hydrogen-bond acceptors (Lipinski definition) is 2. The van der Waals surface area contributed by atoms with Gasteiger partial charge in [0.1, 0.15) is 0 Å². The normalized spacial score (nSPS) is 10.6. The Morgan fingerprint density at radius 2 is 2.31 bits per heavy atom. The van der Waals surface area contributed by atoms with Crippen molar-refractivity contribution in [2.75, 3.05) is 0 Å². The molecule has 4 heteroatoms. The Kier molecular flexibility index (Phi) is 1.88. The first-order chi connectivity index (χ1) is 6.27. The third-order valence-corrected chi connectivity index (χ3v) is 2.18. The number of rotatable bonds is 2. The minimum atomic E-state index is 0.836. The van der Waals surface area contributed by atoms with Gasteiger partial charge in [-0.25, -0.2) is 4.98 Å². The molecule has 4 nitrogen and oxygen atoms in total. The summed E-state index contributed by atoms with van der Waals surface area (Å²) in [6.07, 6.45) is 5.50. The van der Waals surface area contributed by atoms with Crippen molar-refractivity contribution < 1.29 is 0 Å². The van der Waals surface area contributed by atoms with E-state index in [1.165, 1.54) is 11.4 Å². The van der Waals surface area contributed by atoms with Crippen LogP contribution in [-0.4, -0.2) is 19.3 Å². The molecule has 0 aliphatic heterocycles. The van der Waals surface area contributed by atoms with Gasteiger partial charge >= 0.3 is 0 Å². The number of aromatic nitrogens is 4. The van der Waals surface area contributed by atoms with Gasteiger partial charge in [-0.1, -0.05) is 0 Å². The summed E-state index contributed by atoms with van der Waals surface area (Å²) in [4.78, 5) is 4.07. The average molecular weight is 176 g/mol. The lowest BCUT2D eigenvalue weighted by Gasteiger charge is -2.04. The zero-order chi connectivity index (χ0) is 9.26. The fourth-order valence-corrected chi connectivity index (χ4v) is 1.28. The summed E-state index contributed by atoms with van der Waals surface area (Å²) in [7, 11) is 1.95. The van der Waals surface area contributed by atoms with E-state index in [0.29, 0.717) is 0 Å². The van der Waals surface area contributed by atoms with Crippen LogP contribution >= 0.6 is 0 Å². The van der Waals surface area contributed by atoms with Crippen LogP contribution in [0.4, 0.5) is 0 Å². The van der Waals surface area contributed by atoms with Crippen molar-refractivity contribution >= 4 is 0 Å². The molecule has 13 heavy (non-hydrogen) atoms. The van der Waals surface area contributed by atoms with Crippen LogP contribution in [0.2, 0.25) is 0 Å². The maximum Gasteiger partial charge on any atom is 0.0951 e. The molecule has 0 N–H and O–H groups in total. The van der Waals surface area contributed by atoms with E-state index in [9.17, 15) is 0 Å². The molecule has 68 valence electrons. The second-order valence-corrected chi connectivity index (χ2v) is 3.11. The first-order valence-electron chi connectivity index (χ1n) is 4.21. The number of hydrogen-bond donors (Lipinski definition) is 0. The molecule has 2 aromatic rings. The van der Waals surface area contributed by atoms with Crippen molar-refractivity contribution in [3.8, 4) is 0 Å². The molecule has 0 fully saturated rings. The molecule has 0 spiro atoms. The lowest BCUT2D eigenvalue weighted by atomic mass is 10.4. The fraction of sp³-hybridized carbons (Fsp3) is 0.333. The highest BCUT2D eigenvalue weighted by Gasteiger charge is 2.01. The SMILES string of the molecule is Cc1cncn1Cc1ccnn1C. The van der Waals surface area contributed by atoms with Gasteiger partial charge in [0.05, 0.1) is 18.6 Å². The van der Waals surface area contributed by atoms with Crippen LogP contribution in [0.15, 0.2) is 24.8 Å². The van der Waals surface area contributed by atoms with Gasteiger partial charge in [-0.3, -0.25) is 4.68 Å². The second-order valence-electron chi connectivity index (χ2n) is 3.11. The van der Waals surface area contributed by atoms with Gasteiger partial charge in [-0.05, 0) is 13.0 Å². The minimum Gasteiger partial charge on any atom is -0.329 e. The molecule has 0 unspecified atom stereocenters. The monoisotopic (exact) mass is 176 g/mol. The maximum atomic E-state index is 4.11. The van der Waals surface area contributed by atoms with E-state index in [-0.39, 0.29) is 0 Å². The van der Waals surface area contributed by atoms with Gasteiger partial charge in [0.2, 0.25) is 0 Å². The van der Waals surface area contributed by atoms with Crippen LogP contribution < -0.4 is 0 Å². The quantitative estimate of drug-likeness (QED) is 0.683. The topological polar surface area (TPSA) is 35.6 Å². The molecule has 0 aliphatic rings. The number of imidazole rings is 1. The van der Waals surface area contributed by atoms with Crippen LogP contribution in [0.25, 0.3) is 0 Å². The Hall–Kier alpha value is -1.58. The van der Waals surface area contributed by atoms with E-state index >= 15 is 0 Å². The third kappa shape index (κ3) is 1.47. The Labute approximate surface area is 76.8 Å². The Morgan fingerprint density at radius 1 is 1.46 bits per heavy atom. The highest BCUT2D eigenvalue weighted by atomic mass is 15.3. The zero-order valence-electron chi connectivity index (χ0n) is 7.81. The summed E-state index contributed by atoms with van der Waals surface area (Å²) < 4.78 is 3.97. The molecule has 0 radical (unpaired) electrons. The van der Waals surface area contributed by atoms with Crippen LogP contribution in [0.5, 0.6) is 0 Å². The molecular weight excluding hydrogens is 164 g/mol. The Bertz CT molecular complexity index is 361. The molecular formula is C9H12N4. The lowest BCUT2D eigenvalue weighted by Crippen LogP contribution is -2.05. The van der Waals surface area contributed by atoms with E-state index in [1.54, 1.807) is 0 Å². The van der Waals surface area contributed by atoms with Gasteiger partial charge in [0.25, 0.3) is 0 Å². The van der Waals surface area contributed by atoms with Crippen molar-refractivity contribution in [2.45, 2.75) is 13.5 Å². The minimum absolute atomic E-state index is 0.836. The molecule has 2 rings (SSSR count). The Morgan fingerprint density at radius 3 is 2.85 bits per heavy atom. The van der Waals surface area contributed by atoms with Crippen molar-refractivity contribution in [3.63, 3.8) is 0 Å². The van der Waals surface area contributed by atoms with E-state index in [1.807, 2.05) is 43.4 Å². The number of aryl methyl sites for hydroxylation is 2. The fourth-order valence-electron chi connectivity index (χ4n) is 1.28. The Balaban J connectivity index is 2.24. The van der Waals surface area contributed by atoms with Crippen molar-refractivity contribution in [1.29, 1.82) is 0 Å². The summed E-state index contributed by atoms with van der Waals surface area (Å²) in [6.45, 7) is 2.88. The largest absolute Gasteiger partial charge is 0.329 e. The first kappa shape index (κ1) is 8.04. The van der Waals surface area contributed by atoms with Crippen molar-refractivity contribution in [3.05, 3.63) is 36.2 Å². The van der Waals surface area contributed by atoms with Crippen LogP contribution in [0.1, 0.15) is 11.4 Å². The van der Waals surface area contributed by atoms with Gasteiger partial charge in [-0.15, -0.1) is 0 Å². The van der Waals surface area contributed by atoms with Gasteiger partial charge < -0.3 is 4.57 Å². The summed E-state index contributed by atoms with van der Waals surface area (Å²) in [5.74, 6) is 0. The number of nitrogens with zero attached hydrogens (tertiary/aromatic N) is 4. The zero-order valence-corrected chi connectivity index (χ0v) is 7.81. The maximum absolute atomic E-state index is 4.11. The van der Waals surface area contributed by atoms with Crippen LogP contribution in [0, 0.1) is 6.92 Å². The molecule has 2 aromatic heterocycles. The predicted octanol–water partition coefficient (Wildman–Crippen LogP) is 0.973. The van der Waals surface area contributed by atoms with E-state index in [0.717, 1.165) is 6.54 Å². The third-order valence-electron chi connectivity index (χ3n) is 2.18. The van der Waals surface area contributed by atoms with Crippen molar-refractivity contribution in [2.24, 2.45) is 7.05 Å². The summed E-state index contributed by atoms with van der Waals surface area (Å²) >= 11 is 0. The first-order valence-corrected chi connectivity index (χ1v) is 4.21. The van der Waals surface area contributed by atoms with Gasteiger partial charge in [0.15, 0.2) is 0 Å². The second kappa shape index (κ2) is 3.05. The molecule has 0 amide bonds. The molecule has 0 saturated carbocycles. The molecule has 0 atom stereocenters.